The monoisotopic (exact) mass is 456 g/mol. The number of nitrogens with zero attached hydrogens (tertiary/aromatic N) is 3. The first-order chi connectivity index (χ1) is 15.9. The van der Waals surface area contributed by atoms with Crippen LogP contribution in [-0.2, 0) is 9.59 Å². The summed E-state index contributed by atoms with van der Waals surface area (Å²) in [5.74, 6) is 0.125. The number of imide groups is 1. The first-order valence-corrected chi connectivity index (χ1v) is 11.7. The highest BCUT2D eigenvalue weighted by Gasteiger charge is 2.38. The number of piperidine rings is 2. The number of aldehydes is 1. The number of urea groups is 1. The van der Waals surface area contributed by atoms with Crippen LogP contribution in [0.1, 0.15) is 48.9 Å². The number of methoxy groups -OCH3 is 1. The first kappa shape index (κ1) is 23.2. The maximum Gasteiger partial charge on any atom is 0.328 e. The Morgan fingerprint density at radius 2 is 1.79 bits per heavy atom. The topological polar surface area (TPSA) is 99.3 Å². The van der Waals surface area contributed by atoms with E-state index >= 15 is 0 Å². The van der Waals surface area contributed by atoms with Crippen molar-refractivity contribution in [3.8, 4) is 5.75 Å². The Bertz CT molecular complexity index is 915. The van der Waals surface area contributed by atoms with E-state index in [0.717, 1.165) is 51.6 Å². The second-order valence-electron chi connectivity index (χ2n) is 9.23. The second-order valence-corrected chi connectivity index (χ2v) is 9.23. The van der Waals surface area contributed by atoms with Crippen LogP contribution in [0.15, 0.2) is 18.2 Å². The number of hydrogen-bond donors (Lipinski definition) is 1. The van der Waals surface area contributed by atoms with Crippen molar-refractivity contribution in [3.05, 3.63) is 23.8 Å². The summed E-state index contributed by atoms with van der Waals surface area (Å²) in [4.78, 5) is 53.5. The van der Waals surface area contributed by atoms with Gasteiger partial charge in [-0.2, -0.15) is 0 Å². The number of rotatable bonds is 6. The van der Waals surface area contributed by atoms with Crippen molar-refractivity contribution in [2.75, 3.05) is 51.3 Å². The van der Waals surface area contributed by atoms with Gasteiger partial charge in [0.25, 0.3) is 5.91 Å². The molecule has 3 aliphatic heterocycles. The predicted octanol–water partition coefficient (Wildman–Crippen LogP) is 2.05. The van der Waals surface area contributed by atoms with Gasteiger partial charge in [-0.1, -0.05) is 0 Å². The minimum absolute atomic E-state index is 0.0503. The van der Waals surface area contributed by atoms with Gasteiger partial charge in [-0.3, -0.25) is 19.8 Å². The third-order valence-corrected chi connectivity index (χ3v) is 7.36. The highest BCUT2D eigenvalue weighted by Crippen LogP contribution is 2.41. The van der Waals surface area contributed by atoms with Crippen LogP contribution in [-0.4, -0.2) is 80.3 Å². The van der Waals surface area contributed by atoms with Crippen molar-refractivity contribution in [3.63, 3.8) is 0 Å². The number of carbonyl (C=O) groups excluding carboxylic acids is 4. The number of amides is 4. The summed E-state index contributed by atoms with van der Waals surface area (Å²) in [5.41, 5.74) is 1.29. The van der Waals surface area contributed by atoms with Gasteiger partial charge in [0.1, 0.15) is 12.0 Å². The molecule has 3 aliphatic rings. The Kier molecular flexibility index (Phi) is 6.97. The average Bonchev–Trinajstić information content (AvgIpc) is 2.83. The van der Waals surface area contributed by atoms with Crippen LogP contribution >= 0.6 is 0 Å². The smallest absolute Gasteiger partial charge is 0.328 e. The molecule has 3 fully saturated rings. The van der Waals surface area contributed by atoms with Crippen LogP contribution in [0.25, 0.3) is 0 Å². The molecule has 9 heteroatoms. The van der Waals surface area contributed by atoms with E-state index in [1.165, 1.54) is 12.0 Å². The van der Waals surface area contributed by atoms with Crippen LogP contribution in [0, 0.1) is 5.41 Å². The maximum absolute atomic E-state index is 13.3. The Morgan fingerprint density at radius 3 is 2.42 bits per heavy atom. The normalized spacial score (nSPS) is 21.1. The lowest BCUT2D eigenvalue weighted by Crippen LogP contribution is -2.50. The summed E-state index contributed by atoms with van der Waals surface area (Å²) in [6.45, 7) is 4.55. The number of likely N-dealkylation sites (tertiary alicyclic amines) is 2. The fourth-order valence-electron chi connectivity index (χ4n) is 5.18. The predicted molar refractivity (Wildman–Crippen MR) is 122 cm³/mol. The third-order valence-electron chi connectivity index (χ3n) is 7.36. The first-order valence-electron chi connectivity index (χ1n) is 11.7. The molecule has 3 heterocycles. The zero-order chi connectivity index (χ0) is 23.4. The van der Waals surface area contributed by atoms with E-state index in [4.69, 9.17) is 4.74 Å². The number of ether oxygens (including phenoxy) is 1. The fraction of sp³-hybridized carbons (Fsp3) is 0.583. The van der Waals surface area contributed by atoms with E-state index in [0.29, 0.717) is 36.5 Å². The standard InChI is InChI=1S/C24H32N4O5/c1-33-20-4-3-18(17-19(20)28-11-5-21(30)25-23(28)32)22(31)27-14-8-24(9-15-27)6-12-26(13-7-24)10-2-16-29/h3-4,16-17H,2,5-15H2,1H3,(H,25,30,32). The zero-order valence-electron chi connectivity index (χ0n) is 19.2. The summed E-state index contributed by atoms with van der Waals surface area (Å²) in [5, 5.41) is 2.31. The highest BCUT2D eigenvalue weighted by molar-refractivity contribution is 6.07. The van der Waals surface area contributed by atoms with E-state index in [9.17, 15) is 19.2 Å². The molecule has 1 spiro atoms. The van der Waals surface area contributed by atoms with Gasteiger partial charge in [0.15, 0.2) is 0 Å². The third kappa shape index (κ3) is 5.03. The van der Waals surface area contributed by atoms with Gasteiger partial charge in [-0.15, -0.1) is 0 Å². The molecule has 0 radical (unpaired) electrons. The summed E-state index contributed by atoms with van der Waals surface area (Å²) < 4.78 is 5.41. The van der Waals surface area contributed by atoms with Gasteiger partial charge in [0.05, 0.1) is 12.8 Å². The molecule has 9 nitrogen and oxygen atoms in total. The zero-order valence-corrected chi connectivity index (χ0v) is 19.2. The van der Waals surface area contributed by atoms with Gasteiger partial charge < -0.3 is 19.3 Å². The highest BCUT2D eigenvalue weighted by atomic mass is 16.5. The Hall–Kier alpha value is -2.94. The SMILES string of the molecule is COc1ccc(C(=O)N2CCC3(CCN(CCC=O)CC3)CC2)cc1N1CCC(=O)NC1=O. The van der Waals surface area contributed by atoms with E-state index in [2.05, 4.69) is 10.2 Å². The number of benzene rings is 1. The summed E-state index contributed by atoms with van der Waals surface area (Å²) in [6, 6.07) is 4.61. The minimum Gasteiger partial charge on any atom is -0.495 e. The molecule has 4 rings (SSSR count). The van der Waals surface area contributed by atoms with Gasteiger partial charge in [-0.05, 0) is 62.4 Å². The number of anilines is 1. The van der Waals surface area contributed by atoms with Gasteiger partial charge in [0.2, 0.25) is 5.91 Å². The van der Waals surface area contributed by atoms with Crippen molar-refractivity contribution in [2.45, 2.75) is 38.5 Å². The Labute approximate surface area is 194 Å². The molecule has 3 saturated heterocycles. The molecule has 0 saturated carbocycles. The van der Waals surface area contributed by atoms with E-state index in [1.807, 2.05) is 4.90 Å². The molecule has 178 valence electrons. The van der Waals surface area contributed by atoms with Crippen molar-refractivity contribution in [1.82, 2.24) is 15.1 Å². The van der Waals surface area contributed by atoms with Crippen molar-refractivity contribution in [1.29, 1.82) is 0 Å². The van der Waals surface area contributed by atoms with E-state index < -0.39 is 6.03 Å². The second kappa shape index (κ2) is 9.91. The van der Waals surface area contributed by atoms with Gasteiger partial charge >= 0.3 is 6.03 Å². The van der Waals surface area contributed by atoms with E-state index in [-0.39, 0.29) is 30.2 Å². The van der Waals surface area contributed by atoms with Crippen molar-refractivity contribution < 1.29 is 23.9 Å². The van der Waals surface area contributed by atoms with E-state index in [1.54, 1.807) is 18.2 Å². The Balaban J connectivity index is 1.40. The summed E-state index contributed by atoms with van der Waals surface area (Å²) in [6.07, 6.45) is 5.98. The summed E-state index contributed by atoms with van der Waals surface area (Å²) in [7, 11) is 1.52. The molecule has 4 amide bonds. The molecular weight excluding hydrogens is 424 g/mol. The maximum atomic E-state index is 13.3. The van der Waals surface area contributed by atoms with Crippen LogP contribution < -0.4 is 15.0 Å². The number of carbonyl (C=O) groups is 4. The van der Waals surface area contributed by atoms with Crippen molar-refractivity contribution >= 4 is 29.8 Å². The average molecular weight is 457 g/mol. The molecule has 0 bridgehead atoms. The van der Waals surface area contributed by atoms with Crippen LogP contribution in [0.4, 0.5) is 10.5 Å². The summed E-state index contributed by atoms with van der Waals surface area (Å²) >= 11 is 0. The van der Waals surface area contributed by atoms with Gasteiger partial charge in [-0.25, -0.2) is 4.79 Å². The molecular formula is C24H32N4O5. The Morgan fingerprint density at radius 1 is 1.09 bits per heavy atom. The minimum atomic E-state index is -0.506. The van der Waals surface area contributed by atoms with Crippen LogP contribution in [0.3, 0.4) is 0 Å². The quantitative estimate of drug-likeness (QED) is 0.658. The molecule has 0 unspecified atom stereocenters. The van der Waals surface area contributed by atoms with Crippen LogP contribution in [0.5, 0.6) is 5.75 Å². The molecule has 33 heavy (non-hydrogen) atoms. The molecule has 1 aromatic rings. The molecule has 0 atom stereocenters. The van der Waals surface area contributed by atoms with Crippen molar-refractivity contribution in [2.24, 2.45) is 5.41 Å². The number of nitrogens with one attached hydrogen (secondary N) is 1. The lowest BCUT2D eigenvalue weighted by atomic mass is 9.71. The molecule has 1 aromatic carbocycles. The largest absolute Gasteiger partial charge is 0.495 e. The van der Waals surface area contributed by atoms with Crippen LogP contribution in [0.2, 0.25) is 0 Å². The fourth-order valence-corrected chi connectivity index (χ4v) is 5.18. The lowest BCUT2D eigenvalue weighted by Gasteiger charge is -2.47. The van der Waals surface area contributed by atoms with Gasteiger partial charge in [0, 0.05) is 44.6 Å². The number of hydrogen-bond acceptors (Lipinski definition) is 6. The molecule has 0 aliphatic carbocycles. The lowest BCUT2D eigenvalue weighted by molar-refractivity contribution is -0.120. The molecule has 1 N–H and O–H groups in total. The molecule has 0 aromatic heterocycles.